The van der Waals surface area contributed by atoms with Gasteiger partial charge in [-0.1, -0.05) is 0 Å². The van der Waals surface area contributed by atoms with E-state index in [1.165, 1.54) is 12.1 Å². The number of nitrogens with one attached hydrogen (secondary N) is 1. The number of benzene rings is 1. The van der Waals surface area contributed by atoms with Gasteiger partial charge in [0.1, 0.15) is 11.6 Å². The normalized spacial score (nSPS) is 13.9. The summed E-state index contributed by atoms with van der Waals surface area (Å²) >= 11 is 0. The maximum absolute atomic E-state index is 12.6. The fourth-order valence-electron chi connectivity index (χ4n) is 1.52. The molecule has 1 aliphatic heterocycles. The summed E-state index contributed by atoms with van der Waals surface area (Å²) in [6.07, 6.45) is 4.90. The summed E-state index contributed by atoms with van der Waals surface area (Å²) in [6.45, 7) is 2.48. The van der Waals surface area contributed by atoms with Crippen LogP contribution in [0, 0.1) is 5.82 Å². The average molecular weight is 222 g/mol. The second kappa shape index (κ2) is 5.39. The highest BCUT2D eigenvalue weighted by atomic mass is 19.1. The first kappa shape index (κ1) is 10.8. The molecule has 16 heavy (non-hydrogen) atoms. The minimum Gasteiger partial charge on any atom is -0.494 e. The highest BCUT2D eigenvalue weighted by Crippen LogP contribution is 2.11. The third-order valence-corrected chi connectivity index (χ3v) is 2.37. The van der Waals surface area contributed by atoms with Crippen molar-refractivity contribution in [3.8, 4) is 5.75 Å². The number of rotatable bonds is 5. The first-order valence-corrected chi connectivity index (χ1v) is 5.37. The Morgan fingerprint density at radius 2 is 2.12 bits per heavy atom. The molecule has 0 saturated carbocycles. The molecule has 0 spiro atoms. The summed E-state index contributed by atoms with van der Waals surface area (Å²) in [5, 5.41) is 3.10. The molecule has 4 heteroatoms. The fraction of sp³-hybridized carbons (Fsp3) is 0.333. The van der Waals surface area contributed by atoms with Crippen LogP contribution in [0.5, 0.6) is 5.75 Å². The summed E-state index contributed by atoms with van der Waals surface area (Å²) in [7, 11) is 0. The van der Waals surface area contributed by atoms with Crippen LogP contribution in [0.2, 0.25) is 0 Å². The summed E-state index contributed by atoms with van der Waals surface area (Å²) < 4.78 is 18.1. The van der Waals surface area contributed by atoms with Crippen LogP contribution in [-0.2, 0) is 0 Å². The Morgan fingerprint density at radius 1 is 1.31 bits per heavy atom. The Hall–Kier alpha value is -1.71. The minimum atomic E-state index is -0.236. The molecule has 0 unspecified atom stereocenters. The number of hydrogen-bond donors (Lipinski definition) is 1. The summed E-state index contributed by atoms with van der Waals surface area (Å²) in [5.41, 5.74) is 0. The molecule has 1 aliphatic rings. The van der Waals surface area contributed by atoms with E-state index in [4.69, 9.17) is 4.74 Å². The van der Waals surface area contributed by atoms with Crippen LogP contribution < -0.4 is 10.1 Å². The maximum Gasteiger partial charge on any atom is 0.123 e. The van der Waals surface area contributed by atoms with Crippen molar-refractivity contribution >= 4 is 0 Å². The van der Waals surface area contributed by atoms with Crippen molar-refractivity contribution < 1.29 is 9.13 Å². The van der Waals surface area contributed by atoms with Gasteiger partial charge < -0.3 is 15.0 Å². The van der Waals surface area contributed by atoms with Crippen molar-refractivity contribution in [2.75, 3.05) is 19.8 Å². The molecule has 0 saturated heterocycles. The summed E-state index contributed by atoms with van der Waals surface area (Å²) in [6, 6.07) is 6.10. The predicted molar refractivity (Wildman–Crippen MR) is 60.4 cm³/mol. The lowest BCUT2D eigenvalue weighted by Crippen LogP contribution is -2.22. The van der Waals surface area contributed by atoms with E-state index in [1.807, 2.05) is 12.4 Å². The van der Waals surface area contributed by atoms with Gasteiger partial charge in [0.25, 0.3) is 0 Å². The van der Waals surface area contributed by atoms with Gasteiger partial charge in [-0.2, -0.15) is 0 Å². The summed E-state index contributed by atoms with van der Waals surface area (Å²) in [4.78, 5) is 2.17. The van der Waals surface area contributed by atoms with E-state index in [9.17, 15) is 4.39 Å². The van der Waals surface area contributed by atoms with Gasteiger partial charge in [0.2, 0.25) is 0 Å². The van der Waals surface area contributed by atoms with Crippen LogP contribution in [0.3, 0.4) is 0 Å². The summed E-state index contributed by atoms with van der Waals surface area (Å²) in [5.74, 6) is 0.483. The molecule has 0 radical (unpaired) electrons. The molecule has 2 rings (SSSR count). The van der Waals surface area contributed by atoms with Crippen molar-refractivity contribution in [3.63, 3.8) is 0 Å². The van der Waals surface area contributed by atoms with E-state index >= 15 is 0 Å². The van der Waals surface area contributed by atoms with Crippen LogP contribution in [0.15, 0.2) is 36.7 Å². The molecule has 1 heterocycles. The number of nitrogens with zero attached hydrogens (tertiary/aromatic N) is 1. The topological polar surface area (TPSA) is 24.5 Å². The number of hydrogen-bond acceptors (Lipinski definition) is 3. The monoisotopic (exact) mass is 222 g/mol. The van der Waals surface area contributed by atoms with E-state index in [1.54, 1.807) is 12.1 Å². The third-order valence-electron chi connectivity index (χ3n) is 2.37. The van der Waals surface area contributed by atoms with E-state index in [0.717, 1.165) is 25.4 Å². The Balaban J connectivity index is 1.64. The Bertz CT molecular complexity index is 351. The zero-order valence-electron chi connectivity index (χ0n) is 9.03. The lowest BCUT2D eigenvalue weighted by Gasteiger charge is -2.14. The van der Waals surface area contributed by atoms with Gasteiger partial charge >= 0.3 is 0 Å². The van der Waals surface area contributed by atoms with Crippen molar-refractivity contribution in [1.82, 2.24) is 10.2 Å². The van der Waals surface area contributed by atoms with Gasteiger partial charge in [-0.05, 0) is 30.7 Å². The lowest BCUT2D eigenvalue weighted by molar-refractivity contribution is 0.279. The zero-order chi connectivity index (χ0) is 11.2. The third kappa shape index (κ3) is 3.15. The molecule has 1 N–H and O–H groups in total. The molecule has 3 nitrogen and oxygen atoms in total. The standard InChI is InChI=1S/C12H15FN2O/c13-11-2-4-12(5-3-11)16-9-1-7-15-8-6-14-10-15/h2-6,8,14H,1,7,9-10H2. The van der Waals surface area contributed by atoms with E-state index < -0.39 is 0 Å². The quantitative estimate of drug-likeness (QED) is 0.770. The van der Waals surface area contributed by atoms with Gasteiger partial charge in [0, 0.05) is 18.9 Å². The van der Waals surface area contributed by atoms with E-state index in [0.29, 0.717) is 6.61 Å². The highest BCUT2D eigenvalue weighted by molar-refractivity contribution is 5.21. The Morgan fingerprint density at radius 3 is 2.81 bits per heavy atom. The van der Waals surface area contributed by atoms with Gasteiger partial charge in [-0.3, -0.25) is 0 Å². The molecule has 0 fully saturated rings. The smallest absolute Gasteiger partial charge is 0.123 e. The van der Waals surface area contributed by atoms with Crippen molar-refractivity contribution in [2.24, 2.45) is 0 Å². The van der Waals surface area contributed by atoms with E-state index in [-0.39, 0.29) is 5.82 Å². The predicted octanol–water partition coefficient (Wildman–Crippen LogP) is 1.93. The molecular formula is C12H15FN2O. The van der Waals surface area contributed by atoms with Gasteiger partial charge in [0.15, 0.2) is 0 Å². The average Bonchev–Trinajstić information content (AvgIpc) is 2.80. The minimum absolute atomic E-state index is 0.236. The van der Waals surface area contributed by atoms with Crippen LogP contribution in [0.25, 0.3) is 0 Å². The highest BCUT2D eigenvalue weighted by Gasteiger charge is 2.02. The molecule has 86 valence electrons. The molecule has 0 atom stereocenters. The molecular weight excluding hydrogens is 207 g/mol. The lowest BCUT2D eigenvalue weighted by atomic mass is 10.3. The molecule has 0 amide bonds. The van der Waals surface area contributed by atoms with Crippen molar-refractivity contribution in [2.45, 2.75) is 6.42 Å². The first-order valence-electron chi connectivity index (χ1n) is 5.37. The number of halogens is 1. The molecule has 0 aromatic heterocycles. The first-order chi connectivity index (χ1) is 7.84. The van der Waals surface area contributed by atoms with Crippen molar-refractivity contribution in [3.05, 3.63) is 42.5 Å². The maximum atomic E-state index is 12.6. The largest absolute Gasteiger partial charge is 0.494 e. The fourth-order valence-corrected chi connectivity index (χ4v) is 1.52. The second-order valence-corrected chi connectivity index (χ2v) is 3.65. The van der Waals surface area contributed by atoms with Gasteiger partial charge in [0.05, 0.1) is 13.3 Å². The molecule has 1 aromatic rings. The molecule has 0 bridgehead atoms. The SMILES string of the molecule is Fc1ccc(OCCCN2C=CNC2)cc1. The molecule has 0 aliphatic carbocycles. The van der Waals surface area contributed by atoms with Gasteiger partial charge in [-0.25, -0.2) is 4.39 Å². The Kier molecular flexibility index (Phi) is 3.64. The zero-order valence-corrected chi connectivity index (χ0v) is 9.03. The van der Waals surface area contributed by atoms with Crippen LogP contribution >= 0.6 is 0 Å². The van der Waals surface area contributed by atoms with Crippen LogP contribution in [0.1, 0.15) is 6.42 Å². The number of ether oxygens (including phenoxy) is 1. The van der Waals surface area contributed by atoms with Crippen molar-refractivity contribution in [1.29, 1.82) is 0 Å². The molecule has 1 aromatic carbocycles. The van der Waals surface area contributed by atoms with Crippen LogP contribution in [-0.4, -0.2) is 24.7 Å². The van der Waals surface area contributed by atoms with Gasteiger partial charge in [-0.15, -0.1) is 0 Å². The van der Waals surface area contributed by atoms with E-state index in [2.05, 4.69) is 10.2 Å². The Labute approximate surface area is 94.5 Å². The second-order valence-electron chi connectivity index (χ2n) is 3.65. The van der Waals surface area contributed by atoms with Crippen LogP contribution in [0.4, 0.5) is 4.39 Å².